The average Bonchev–Trinajstić information content (AvgIpc) is 2.79. The van der Waals surface area contributed by atoms with Crippen LogP contribution in [0.3, 0.4) is 0 Å². The van der Waals surface area contributed by atoms with Crippen molar-refractivity contribution in [2.24, 2.45) is 5.73 Å². The summed E-state index contributed by atoms with van der Waals surface area (Å²) in [6, 6.07) is 3.66. The number of aromatic nitrogens is 2. The van der Waals surface area contributed by atoms with Gasteiger partial charge in [-0.3, -0.25) is 4.98 Å². The standard InChI is InChI=1S/C10H10N4S2/c11-9(15)8-2-1-3-13-10(8)14-5-7-4-12-6-16-7/h1-4,6H,5H2,(H2,11,15)(H,13,14). The predicted molar refractivity (Wildman–Crippen MR) is 69.6 cm³/mol. The molecule has 0 aliphatic rings. The molecule has 2 rings (SSSR count). The molecule has 2 heterocycles. The number of thiazole rings is 1. The minimum absolute atomic E-state index is 0.347. The third-order valence-corrected chi connectivity index (χ3v) is 2.99. The lowest BCUT2D eigenvalue weighted by Crippen LogP contribution is -2.14. The van der Waals surface area contributed by atoms with E-state index in [9.17, 15) is 0 Å². The van der Waals surface area contributed by atoms with Gasteiger partial charge in [-0.05, 0) is 12.1 Å². The maximum atomic E-state index is 5.61. The molecule has 2 aromatic rings. The molecule has 0 aromatic carbocycles. The first-order valence-electron chi connectivity index (χ1n) is 4.63. The van der Waals surface area contributed by atoms with Crippen LogP contribution in [0, 0.1) is 0 Å². The number of hydrogen-bond acceptors (Lipinski definition) is 5. The van der Waals surface area contributed by atoms with Crippen molar-refractivity contribution in [3.63, 3.8) is 0 Å². The van der Waals surface area contributed by atoms with E-state index in [0.717, 1.165) is 10.4 Å². The Morgan fingerprint density at radius 2 is 2.44 bits per heavy atom. The van der Waals surface area contributed by atoms with Gasteiger partial charge >= 0.3 is 0 Å². The molecule has 0 fully saturated rings. The van der Waals surface area contributed by atoms with Gasteiger partial charge in [-0.25, -0.2) is 4.98 Å². The topological polar surface area (TPSA) is 63.8 Å². The quantitative estimate of drug-likeness (QED) is 0.810. The molecule has 0 aliphatic carbocycles. The van der Waals surface area contributed by atoms with Gasteiger partial charge in [-0.2, -0.15) is 0 Å². The van der Waals surface area contributed by atoms with Crippen molar-refractivity contribution in [2.75, 3.05) is 5.32 Å². The number of thiocarbonyl (C=S) groups is 1. The molecule has 3 N–H and O–H groups in total. The van der Waals surface area contributed by atoms with Gasteiger partial charge in [0.25, 0.3) is 0 Å². The van der Waals surface area contributed by atoms with E-state index in [1.54, 1.807) is 23.0 Å². The van der Waals surface area contributed by atoms with Gasteiger partial charge in [0.05, 0.1) is 17.6 Å². The smallest absolute Gasteiger partial charge is 0.136 e. The summed E-state index contributed by atoms with van der Waals surface area (Å²) in [5, 5.41) is 3.19. The van der Waals surface area contributed by atoms with Crippen LogP contribution >= 0.6 is 23.6 Å². The second-order valence-electron chi connectivity index (χ2n) is 3.09. The first kappa shape index (κ1) is 11.0. The Labute approximate surface area is 103 Å². The van der Waals surface area contributed by atoms with Gasteiger partial charge in [-0.1, -0.05) is 12.2 Å². The third kappa shape index (κ3) is 2.53. The Balaban J connectivity index is 2.12. The lowest BCUT2D eigenvalue weighted by Gasteiger charge is -2.08. The fourth-order valence-electron chi connectivity index (χ4n) is 1.25. The van der Waals surface area contributed by atoms with E-state index in [2.05, 4.69) is 15.3 Å². The molecule has 0 atom stereocenters. The molecule has 0 radical (unpaired) electrons. The second-order valence-corrected chi connectivity index (χ2v) is 4.50. The molecule has 82 valence electrons. The summed E-state index contributed by atoms with van der Waals surface area (Å²) in [4.78, 5) is 9.69. The van der Waals surface area contributed by atoms with E-state index in [4.69, 9.17) is 18.0 Å². The summed E-state index contributed by atoms with van der Waals surface area (Å²) in [5.41, 5.74) is 8.17. The highest BCUT2D eigenvalue weighted by molar-refractivity contribution is 7.80. The lowest BCUT2D eigenvalue weighted by molar-refractivity contribution is 1.13. The zero-order valence-electron chi connectivity index (χ0n) is 8.38. The number of nitrogens with two attached hydrogens (primary N) is 1. The van der Waals surface area contributed by atoms with Gasteiger partial charge in [0.2, 0.25) is 0 Å². The van der Waals surface area contributed by atoms with Crippen LogP contribution in [0.15, 0.2) is 30.0 Å². The first-order chi connectivity index (χ1) is 7.77. The second kappa shape index (κ2) is 5.00. The van der Waals surface area contributed by atoms with Crippen molar-refractivity contribution in [2.45, 2.75) is 6.54 Å². The van der Waals surface area contributed by atoms with Crippen LogP contribution in [-0.4, -0.2) is 15.0 Å². The molecule has 4 nitrogen and oxygen atoms in total. The molecule has 2 aromatic heterocycles. The van der Waals surface area contributed by atoms with Crippen LogP contribution in [0.25, 0.3) is 0 Å². The minimum atomic E-state index is 0.347. The molecule has 0 aliphatic heterocycles. The highest BCUT2D eigenvalue weighted by Crippen LogP contribution is 2.14. The van der Waals surface area contributed by atoms with Gasteiger partial charge in [-0.15, -0.1) is 11.3 Å². The van der Waals surface area contributed by atoms with Crippen molar-refractivity contribution in [1.82, 2.24) is 9.97 Å². The molecule has 16 heavy (non-hydrogen) atoms. The molecule has 0 saturated heterocycles. The molecule has 0 amide bonds. The first-order valence-corrected chi connectivity index (χ1v) is 5.92. The molecule has 0 bridgehead atoms. The Hall–Kier alpha value is -1.53. The fraction of sp³-hybridized carbons (Fsp3) is 0.100. The van der Waals surface area contributed by atoms with Crippen molar-refractivity contribution < 1.29 is 0 Å². The minimum Gasteiger partial charge on any atom is -0.389 e. The van der Waals surface area contributed by atoms with Gasteiger partial charge in [0.1, 0.15) is 10.8 Å². The van der Waals surface area contributed by atoms with E-state index in [0.29, 0.717) is 17.4 Å². The average molecular weight is 250 g/mol. The number of nitrogens with one attached hydrogen (secondary N) is 1. The summed E-state index contributed by atoms with van der Waals surface area (Å²) < 4.78 is 0. The van der Waals surface area contributed by atoms with Crippen LogP contribution in [-0.2, 0) is 6.54 Å². The van der Waals surface area contributed by atoms with Crippen LogP contribution in [0.2, 0.25) is 0 Å². The zero-order valence-corrected chi connectivity index (χ0v) is 10.0. The number of anilines is 1. The molecule has 0 unspecified atom stereocenters. The van der Waals surface area contributed by atoms with Gasteiger partial charge in [0, 0.05) is 17.3 Å². The van der Waals surface area contributed by atoms with E-state index in [-0.39, 0.29) is 0 Å². The number of hydrogen-bond donors (Lipinski definition) is 2. The highest BCUT2D eigenvalue weighted by atomic mass is 32.1. The Morgan fingerprint density at radius 3 is 3.12 bits per heavy atom. The Kier molecular flexibility index (Phi) is 3.43. The van der Waals surface area contributed by atoms with Crippen LogP contribution in [0.4, 0.5) is 5.82 Å². The van der Waals surface area contributed by atoms with E-state index in [1.165, 1.54) is 0 Å². The molecule has 6 heteroatoms. The van der Waals surface area contributed by atoms with Gasteiger partial charge < -0.3 is 11.1 Å². The van der Waals surface area contributed by atoms with Crippen LogP contribution in [0.5, 0.6) is 0 Å². The number of pyridine rings is 1. The molecule has 0 saturated carbocycles. The molecular weight excluding hydrogens is 240 g/mol. The van der Waals surface area contributed by atoms with Crippen LogP contribution in [0.1, 0.15) is 10.4 Å². The molecule has 0 spiro atoms. The van der Waals surface area contributed by atoms with Crippen molar-refractivity contribution >= 4 is 34.4 Å². The summed E-state index contributed by atoms with van der Waals surface area (Å²) in [5.74, 6) is 0.711. The zero-order chi connectivity index (χ0) is 11.4. The number of rotatable bonds is 4. The van der Waals surface area contributed by atoms with E-state index >= 15 is 0 Å². The van der Waals surface area contributed by atoms with Crippen molar-refractivity contribution in [1.29, 1.82) is 0 Å². The monoisotopic (exact) mass is 250 g/mol. The van der Waals surface area contributed by atoms with E-state index in [1.807, 2.05) is 18.3 Å². The summed E-state index contributed by atoms with van der Waals surface area (Å²) >= 11 is 6.54. The lowest BCUT2D eigenvalue weighted by atomic mass is 10.2. The van der Waals surface area contributed by atoms with Crippen molar-refractivity contribution in [3.8, 4) is 0 Å². The third-order valence-electron chi connectivity index (χ3n) is 1.99. The summed E-state index contributed by atoms with van der Waals surface area (Å²) in [7, 11) is 0. The maximum Gasteiger partial charge on any atom is 0.136 e. The van der Waals surface area contributed by atoms with Crippen molar-refractivity contribution in [3.05, 3.63) is 40.5 Å². The molecular formula is C10H10N4S2. The largest absolute Gasteiger partial charge is 0.389 e. The highest BCUT2D eigenvalue weighted by Gasteiger charge is 2.05. The normalized spacial score (nSPS) is 10.0. The van der Waals surface area contributed by atoms with Crippen LogP contribution < -0.4 is 11.1 Å². The SMILES string of the molecule is NC(=S)c1cccnc1NCc1cncs1. The maximum absolute atomic E-state index is 5.61. The Bertz CT molecular complexity index is 481. The summed E-state index contributed by atoms with van der Waals surface area (Å²) in [6.45, 7) is 0.678. The number of nitrogens with zero attached hydrogens (tertiary/aromatic N) is 2. The van der Waals surface area contributed by atoms with E-state index < -0.39 is 0 Å². The Morgan fingerprint density at radius 1 is 1.56 bits per heavy atom. The van der Waals surface area contributed by atoms with Gasteiger partial charge in [0.15, 0.2) is 0 Å². The summed E-state index contributed by atoms with van der Waals surface area (Å²) in [6.07, 6.45) is 3.53. The predicted octanol–water partition coefficient (Wildman–Crippen LogP) is 1.78. The fourth-order valence-corrected chi connectivity index (χ4v) is 1.94.